The van der Waals surface area contributed by atoms with Crippen LogP contribution in [0.3, 0.4) is 0 Å². The molecule has 1 aliphatic heterocycles. The molecule has 6 nitrogen and oxygen atoms in total. The summed E-state index contributed by atoms with van der Waals surface area (Å²) in [5.41, 5.74) is -0.103. The van der Waals surface area contributed by atoms with E-state index in [9.17, 15) is 5.11 Å². The van der Waals surface area contributed by atoms with Crippen LogP contribution in [0.1, 0.15) is 46.5 Å². The number of aliphatic hydroxyl groups excluding tert-OH is 1. The Morgan fingerprint density at radius 1 is 1.30 bits per heavy atom. The molecule has 0 bridgehead atoms. The molecule has 1 saturated heterocycles. The molecule has 0 saturated carbocycles. The average molecular weight is 329 g/mol. The average Bonchev–Trinajstić information content (AvgIpc) is 3.09. The van der Waals surface area contributed by atoms with E-state index in [-0.39, 0.29) is 18.1 Å². The molecule has 0 aromatic rings. The summed E-state index contributed by atoms with van der Waals surface area (Å²) in [6.45, 7) is 11.0. The van der Waals surface area contributed by atoms with Crippen LogP contribution in [0.25, 0.3) is 0 Å². The number of ether oxygens (including phenoxy) is 2. The van der Waals surface area contributed by atoms with E-state index >= 15 is 0 Å². The minimum atomic E-state index is -0.103. The van der Waals surface area contributed by atoms with Gasteiger partial charge in [-0.25, -0.2) is 0 Å². The molecule has 1 unspecified atom stereocenters. The molecule has 0 aliphatic carbocycles. The van der Waals surface area contributed by atoms with Gasteiger partial charge in [0.25, 0.3) is 0 Å². The van der Waals surface area contributed by atoms with E-state index in [1.165, 1.54) is 0 Å². The Hall–Kier alpha value is -0.850. The Kier molecular flexibility index (Phi) is 10.2. The van der Waals surface area contributed by atoms with Gasteiger partial charge < -0.3 is 25.2 Å². The first-order valence-electron chi connectivity index (χ1n) is 9.02. The number of hydrogen-bond acceptors (Lipinski definition) is 4. The van der Waals surface area contributed by atoms with Gasteiger partial charge in [0.05, 0.1) is 25.9 Å². The van der Waals surface area contributed by atoms with Crippen LogP contribution in [0, 0.1) is 5.41 Å². The van der Waals surface area contributed by atoms with Gasteiger partial charge in [-0.3, -0.25) is 4.99 Å². The molecule has 136 valence electrons. The number of hydrogen-bond donors (Lipinski definition) is 3. The van der Waals surface area contributed by atoms with Crippen LogP contribution in [-0.2, 0) is 9.47 Å². The summed E-state index contributed by atoms with van der Waals surface area (Å²) in [5.74, 6) is 0.816. The molecular weight excluding hydrogens is 294 g/mol. The van der Waals surface area contributed by atoms with Crippen molar-refractivity contribution in [3.05, 3.63) is 0 Å². The number of aliphatic hydroxyl groups is 1. The highest BCUT2D eigenvalue weighted by molar-refractivity contribution is 5.79. The Balaban J connectivity index is 2.30. The Labute approximate surface area is 141 Å². The lowest BCUT2D eigenvalue weighted by Gasteiger charge is -2.27. The maximum atomic E-state index is 9.63. The summed E-state index contributed by atoms with van der Waals surface area (Å²) >= 11 is 0. The smallest absolute Gasteiger partial charge is 0.191 e. The molecule has 0 amide bonds. The third-order valence-electron chi connectivity index (χ3n) is 4.61. The van der Waals surface area contributed by atoms with Crippen molar-refractivity contribution in [2.45, 2.75) is 52.6 Å². The van der Waals surface area contributed by atoms with Gasteiger partial charge in [-0.1, -0.05) is 13.8 Å². The summed E-state index contributed by atoms with van der Waals surface area (Å²) in [7, 11) is 0. The summed E-state index contributed by atoms with van der Waals surface area (Å²) in [6, 6.07) is 0. The lowest BCUT2D eigenvalue weighted by atomic mass is 9.83. The highest BCUT2D eigenvalue weighted by Crippen LogP contribution is 2.25. The predicted molar refractivity (Wildman–Crippen MR) is 93.9 cm³/mol. The molecule has 3 N–H and O–H groups in total. The molecular formula is C17H35N3O3. The summed E-state index contributed by atoms with van der Waals surface area (Å²) < 4.78 is 11.0. The zero-order valence-electron chi connectivity index (χ0n) is 15.1. The van der Waals surface area contributed by atoms with Gasteiger partial charge in [0.2, 0.25) is 0 Å². The van der Waals surface area contributed by atoms with Gasteiger partial charge in [-0.05, 0) is 32.6 Å². The number of nitrogens with one attached hydrogen (secondary N) is 2. The summed E-state index contributed by atoms with van der Waals surface area (Å²) in [6.07, 6.45) is 4.08. The molecule has 1 fully saturated rings. The molecule has 1 atom stereocenters. The molecule has 23 heavy (non-hydrogen) atoms. The Morgan fingerprint density at radius 3 is 2.65 bits per heavy atom. The molecule has 1 aliphatic rings. The fourth-order valence-corrected chi connectivity index (χ4v) is 2.51. The Bertz CT molecular complexity index is 319. The lowest BCUT2D eigenvalue weighted by molar-refractivity contribution is 0.0420. The lowest BCUT2D eigenvalue weighted by Crippen LogP contribution is -2.39. The van der Waals surface area contributed by atoms with Crippen LogP contribution in [0.4, 0.5) is 0 Å². The van der Waals surface area contributed by atoms with E-state index in [0.717, 1.165) is 64.6 Å². The standard InChI is InChI=1S/C17H35N3O3/c1-4-17(5-2,14-21)13-20-16(18-6-3)19-9-7-10-23-15-8-11-22-12-15/h15,21H,4-14H2,1-3H3,(H2,18,19,20). The predicted octanol–water partition coefficient (Wildman–Crippen LogP) is 1.54. The molecule has 0 spiro atoms. The third kappa shape index (κ3) is 7.50. The minimum absolute atomic E-state index is 0.103. The SMILES string of the molecule is CCNC(=NCC(CC)(CC)CO)NCCCOC1CCOC1. The van der Waals surface area contributed by atoms with Crippen LogP contribution in [0.5, 0.6) is 0 Å². The van der Waals surface area contributed by atoms with Gasteiger partial charge >= 0.3 is 0 Å². The van der Waals surface area contributed by atoms with E-state index in [2.05, 4.69) is 36.4 Å². The number of guanidine groups is 1. The summed E-state index contributed by atoms with van der Waals surface area (Å²) in [5, 5.41) is 16.2. The van der Waals surface area contributed by atoms with Gasteiger partial charge in [-0.15, -0.1) is 0 Å². The maximum Gasteiger partial charge on any atom is 0.191 e. The molecule has 1 rings (SSSR count). The van der Waals surface area contributed by atoms with Crippen molar-refractivity contribution in [2.75, 3.05) is 46.1 Å². The van der Waals surface area contributed by atoms with Gasteiger partial charge in [0.1, 0.15) is 0 Å². The molecule has 1 heterocycles. The summed E-state index contributed by atoms with van der Waals surface area (Å²) in [4.78, 5) is 4.65. The van der Waals surface area contributed by atoms with E-state index in [1.54, 1.807) is 0 Å². The number of nitrogens with zero attached hydrogens (tertiary/aromatic N) is 1. The van der Waals surface area contributed by atoms with Crippen LogP contribution < -0.4 is 10.6 Å². The second-order valence-corrected chi connectivity index (χ2v) is 6.20. The van der Waals surface area contributed by atoms with E-state index < -0.39 is 0 Å². The van der Waals surface area contributed by atoms with Crippen LogP contribution in [0.2, 0.25) is 0 Å². The number of aliphatic imine (C=N–C) groups is 1. The fraction of sp³-hybridized carbons (Fsp3) is 0.941. The second-order valence-electron chi connectivity index (χ2n) is 6.20. The second kappa shape index (κ2) is 11.6. The molecule has 0 radical (unpaired) electrons. The fourth-order valence-electron chi connectivity index (χ4n) is 2.51. The zero-order chi connectivity index (χ0) is 17.0. The minimum Gasteiger partial charge on any atom is -0.396 e. The van der Waals surface area contributed by atoms with Crippen LogP contribution in [0.15, 0.2) is 4.99 Å². The topological polar surface area (TPSA) is 75.1 Å². The largest absolute Gasteiger partial charge is 0.396 e. The quantitative estimate of drug-likeness (QED) is 0.304. The first-order chi connectivity index (χ1) is 11.2. The highest BCUT2D eigenvalue weighted by Gasteiger charge is 2.25. The van der Waals surface area contributed by atoms with Crippen molar-refractivity contribution < 1.29 is 14.6 Å². The Morgan fingerprint density at radius 2 is 2.09 bits per heavy atom. The van der Waals surface area contributed by atoms with Gasteiger partial charge in [0.15, 0.2) is 5.96 Å². The van der Waals surface area contributed by atoms with Crippen molar-refractivity contribution in [2.24, 2.45) is 10.4 Å². The highest BCUT2D eigenvalue weighted by atomic mass is 16.5. The van der Waals surface area contributed by atoms with Crippen LogP contribution in [-0.4, -0.2) is 63.2 Å². The van der Waals surface area contributed by atoms with Crippen molar-refractivity contribution >= 4 is 5.96 Å². The first-order valence-corrected chi connectivity index (χ1v) is 9.02. The van der Waals surface area contributed by atoms with Crippen molar-refractivity contribution in [1.82, 2.24) is 10.6 Å². The first kappa shape index (κ1) is 20.2. The molecule has 0 aromatic heterocycles. The number of rotatable bonds is 11. The van der Waals surface area contributed by atoms with E-state index in [0.29, 0.717) is 6.54 Å². The monoisotopic (exact) mass is 329 g/mol. The van der Waals surface area contributed by atoms with Crippen molar-refractivity contribution in [3.8, 4) is 0 Å². The molecule has 0 aromatic carbocycles. The molecule has 6 heteroatoms. The maximum absolute atomic E-state index is 9.63. The van der Waals surface area contributed by atoms with E-state index in [4.69, 9.17) is 9.47 Å². The normalized spacial score (nSPS) is 19.1. The zero-order valence-corrected chi connectivity index (χ0v) is 15.1. The van der Waals surface area contributed by atoms with Crippen molar-refractivity contribution in [3.63, 3.8) is 0 Å². The van der Waals surface area contributed by atoms with Gasteiger partial charge in [-0.2, -0.15) is 0 Å². The van der Waals surface area contributed by atoms with E-state index in [1.807, 2.05) is 0 Å². The van der Waals surface area contributed by atoms with Gasteiger partial charge in [0, 0.05) is 31.7 Å². The van der Waals surface area contributed by atoms with Crippen molar-refractivity contribution in [1.29, 1.82) is 0 Å². The third-order valence-corrected chi connectivity index (χ3v) is 4.61. The van der Waals surface area contributed by atoms with Crippen LogP contribution >= 0.6 is 0 Å².